The van der Waals surface area contributed by atoms with Crippen LogP contribution in [0.3, 0.4) is 0 Å². The molecule has 7 aromatic rings. The molecule has 0 aliphatic rings. The number of anilines is 2. The van der Waals surface area contributed by atoms with Crippen molar-refractivity contribution >= 4 is 169 Å². The van der Waals surface area contributed by atoms with Gasteiger partial charge in [0.2, 0.25) is 35.5 Å². The number of aromatic nitrogens is 8. The number of amides is 10. The van der Waals surface area contributed by atoms with Gasteiger partial charge in [-0.15, -0.1) is 0 Å². The minimum absolute atomic E-state index is 0.0168. The van der Waals surface area contributed by atoms with Gasteiger partial charge in [-0.05, 0) is 30.7 Å². The second-order valence-electron chi connectivity index (χ2n) is 28.9. The number of nitrogens with zero attached hydrogens (tertiary/aromatic N) is 7. The average Bonchev–Trinajstić information content (AvgIpc) is 0.809. The van der Waals surface area contributed by atoms with Crippen LogP contribution in [0.4, 0.5) is 11.6 Å². The molecule has 0 aliphatic carbocycles. The van der Waals surface area contributed by atoms with E-state index in [-0.39, 0.29) is 88.2 Å². The molecule has 0 spiro atoms. The Morgan fingerprint density at radius 1 is 0.437 bits per heavy atom. The zero-order chi connectivity index (χ0) is 92.1. The number of aliphatic carboxylic acids is 5. The third-order valence-corrected chi connectivity index (χ3v) is 22.5. The molecule has 3 aromatic carbocycles. The summed E-state index contributed by atoms with van der Waals surface area (Å²) in [6, 6.07) is 8.70. The number of hydrogen-bond acceptors (Lipinski definition) is 31. The second-order valence-corrected chi connectivity index (χ2v) is 33.9. The van der Waals surface area contributed by atoms with Crippen LogP contribution in [-0.4, -0.2) is 240 Å². The molecule has 0 radical (unpaired) electrons. The molecular formula is C77H90B2N20O23S4. The number of hydrogen-bond donors (Lipinski definition) is 18. The van der Waals surface area contributed by atoms with E-state index in [1.165, 1.54) is 42.9 Å². The van der Waals surface area contributed by atoms with Gasteiger partial charge in [0.25, 0.3) is 11.5 Å². The number of nitrogens with two attached hydrogens (primary N) is 1. The maximum absolute atomic E-state index is 14.4. The standard InChI is InChI=1S/C77H90B2N20O23S4/c1-38(2)21-57(78-121)96-69(111)48(23-40-11-7-5-8-12-40)90-71(113)53-32-82-45(30-84-53)34-123-125-36-55(88-59(100)20-19-47(75(117)118)89-65(107)42-15-17-43(18-16-42)81-28-44-29-86-64-63(87-44)74(116)99-77(80)98-64)73(115)94-51(26-61(103)104)67(109)92-50(25-60(101)102)66(108)93-52(27-62(105)106)68(110)95-56(76(119)120)37-126-124-35-46-31-85-54(33-83-46)72(114)91-49(24-41-13-9-6-10-14-41)70(112)97-58(79-122)22-39(3)4/h5-18,29-33,38-39,47-52,55-58,81H,19-28,34-37H2,1-4H3,(H,88,100)(H,89,107)(H,90,113)(H,91,114)(H,92,109)(H,93,108)(H,94,115)(H,95,110)(H,96,111)(H,97,112)(H,101,102)(H,103,104)(H,105,106)(H,117,118)(H,119,120)(H3,80,86,98,99,116)/t47-,48-,49-,50-,51-,52-,55-,56-,57-,58-/m0/s1. The molecule has 0 aliphatic heterocycles. The van der Waals surface area contributed by atoms with E-state index in [4.69, 9.17) is 5.73 Å². The predicted octanol–water partition coefficient (Wildman–Crippen LogP) is 0.305. The van der Waals surface area contributed by atoms with Gasteiger partial charge in [0.05, 0.1) is 37.7 Å². The summed E-state index contributed by atoms with van der Waals surface area (Å²) < 4.78 is 23.7. The Labute approximate surface area is 734 Å². The molecule has 10 amide bonds. The number of fused-ring (bicyclic) bond motifs is 1. The van der Waals surface area contributed by atoms with E-state index >= 15 is 0 Å². The van der Waals surface area contributed by atoms with Crippen LogP contribution in [0.1, 0.15) is 132 Å². The molecule has 43 nitrogen and oxygen atoms in total. The van der Waals surface area contributed by atoms with Gasteiger partial charge in [-0.25, -0.2) is 19.6 Å². The van der Waals surface area contributed by atoms with Crippen molar-refractivity contribution < 1.29 is 107 Å². The van der Waals surface area contributed by atoms with Crippen molar-refractivity contribution in [3.05, 3.63) is 171 Å². The molecule has 19 N–H and O–H groups in total. The summed E-state index contributed by atoms with van der Waals surface area (Å²) in [5, 5.41) is 76.8. The summed E-state index contributed by atoms with van der Waals surface area (Å²) in [5.41, 5.74) is 7.14. The Morgan fingerprint density at radius 3 is 1.26 bits per heavy atom. The number of carbonyl (C=O) groups is 15. The number of aromatic amines is 1. The monoisotopic (exact) mass is 1810 g/mol. The van der Waals surface area contributed by atoms with Gasteiger partial charge in [-0.1, -0.05) is 21.6 Å². The van der Waals surface area contributed by atoms with E-state index < -0.39 is 198 Å². The van der Waals surface area contributed by atoms with Crippen LogP contribution in [0.5, 0.6) is 0 Å². The third-order valence-electron chi connectivity index (χ3n) is 17.8. The Bertz CT molecular complexity index is 5100. The number of nitrogen functional groups attached to an aromatic ring is 1. The van der Waals surface area contributed by atoms with Gasteiger partial charge >= 0.3 is 379 Å². The zero-order valence-electron chi connectivity index (χ0n) is 67.9. The van der Waals surface area contributed by atoms with Crippen LogP contribution in [0.15, 0.2) is 121 Å². The molecule has 0 fully saturated rings. The average molecular weight is 1810 g/mol. The number of carbonyl (C=O) groups excluding carboxylic acids is 10. The van der Waals surface area contributed by atoms with Crippen LogP contribution in [0.2, 0.25) is 0 Å². The first kappa shape index (κ1) is 99.9. The fourth-order valence-electron chi connectivity index (χ4n) is 11.6. The molecule has 4 aromatic heterocycles. The molecule has 0 saturated carbocycles. The first-order valence-electron chi connectivity index (χ1n) is 38.6. The number of rotatable bonds is 53. The molecule has 49 heteroatoms. The molecule has 4 heterocycles. The number of nitrogens with one attached hydrogen (secondary N) is 12. The third kappa shape index (κ3) is 34.2. The van der Waals surface area contributed by atoms with Crippen molar-refractivity contribution in [1.82, 2.24) is 93.0 Å². The number of benzene rings is 3. The zero-order valence-corrected chi connectivity index (χ0v) is 71.1. The van der Waals surface area contributed by atoms with Crippen molar-refractivity contribution in [2.45, 2.75) is 164 Å². The van der Waals surface area contributed by atoms with Gasteiger partial charge in [0.1, 0.15) is 36.3 Å². The predicted molar refractivity (Wildman–Crippen MR) is 458 cm³/mol. The van der Waals surface area contributed by atoms with Crippen LogP contribution < -0.4 is 69.8 Å². The molecule has 10 atom stereocenters. The number of H-pyrrole nitrogens is 1. The topological polar surface area (TPSA) is 673 Å². The van der Waals surface area contributed by atoms with Crippen LogP contribution >= 0.6 is 43.2 Å². The van der Waals surface area contributed by atoms with E-state index in [0.29, 0.717) is 49.6 Å². The fourth-order valence-corrected chi connectivity index (χ4v) is 15.9. The Kier molecular flexibility index (Phi) is 40.1. The van der Waals surface area contributed by atoms with E-state index in [2.05, 4.69) is 87.7 Å². The minimum atomic E-state index is -2.31. The fraction of sp³-hybridized carbons (Fsp3) is 0.390. The van der Waals surface area contributed by atoms with Crippen molar-refractivity contribution in [3.8, 4) is 0 Å². The SMILES string of the molecule is CC(C)C[C@@H](B=O)NC(=O)[C@H](Cc1ccccc1)NC(=O)c1cnc(CSSC[C@H](NC(=O)[C@H](CC(=O)O)NC(=O)[C@H](CC(=O)O)NC(=O)[C@H](CC(=O)O)NC(=O)[C@H](CSSCc2cnc(C(=O)N[C@@H](Cc3ccccc3)C(=O)N[C@H](B=O)CC(C)C)cn2)NC(=O)CC[C@H](NC(=O)c2ccc(NCc3cnc4nc(N)[nH]c(=O)c4n3)cc2)C(=O)O)C(=O)O)cn1. The number of carboxylic acid groups (broad SMARTS) is 5. The summed E-state index contributed by atoms with van der Waals surface area (Å²) in [5.74, 6) is -21.9. The second kappa shape index (κ2) is 50.6. The quantitative estimate of drug-likeness (QED) is 0.0139. The summed E-state index contributed by atoms with van der Waals surface area (Å²) in [4.78, 5) is 244. The first-order valence-corrected chi connectivity index (χ1v) is 43.6. The number of carboxylic acids is 5. The summed E-state index contributed by atoms with van der Waals surface area (Å²) in [7, 11) is 4.93. The molecule has 666 valence electrons. The van der Waals surface area contributed by atoms with Crippen molar-refractivity contribution in [1.29, 1.82) is 0 Å². The normalized spacial score (nSPS) is 13.4. The first-order chi connectivity index (χ1) is 60.0. The molecule has 126 heavy (non-hydrogen) atoms. The Hall–Kier alpha value is -13.2. The van der Waals surface area contributed by atoms with Gasteiger partial charge in [-0.2, -0.15) is 4.98 Å². The Morgan fingerprint density at radius 2 is 0.849 bits per heavy atom. The van der Waals surface area contributed by atoms with Gasteiger partial charge in [-0.3, -0.25) is 52.9 Å². The Balaban J connectivity index is 1.00. The van der Waals surface area contributed by atoms with Gasteiger partial charge in [0, 0.05) is 29.2 Å². The molecule has 0 saturated heterocycles. The van der Waals surface area contributed by atoms with Crippen molar-refractivity contribution in [2.24, 2.45) is 11.8 Å². The van der Waals surface area contributed by atoms with Crippen molar-refractivity contribution in [2.75, 3.05) is 22.6 Å². The molecular weight excluding hydrogens is 1720 g/mol. The molecule has 7 rings (SSSR count). The summed E-state index contributed by atoms with van der Waals surface area (Å²) in [6.45, 7) is 7.53. The van der Waals surface area contributed by atoms with Gasteiger partial charge in [0.15, 0.2) is 11.2 Å². The van der Waals surface area contributed by atoms with Gasteiger partial charge < -0.3 is 68.5 Å². The molecule has 0 unspecified atom stereocenters. The summed E-state index contributed by atoms with van der Waals surface area (Å²) in [6.07, 6.45) is 1.54. The maximum atomic E-state index is 14.4. The molecule has 0 bridgehead atoms. The van der Waals surface area contributed by atoms with E-state index in [1.807, 2.05) is 38.3 Å². The van der Waals surface area contributed by atoms with E-state index in [0.717, 1.165) is 55.6 Å². The van der Waals surface area contributed by atoms with Crippen molar-refractivity contribution in [3.63, 3.8) is 0 Å². The van der Waals surface area contributed by atoms with Crippen LogP contribution in [0, 0.1) is 11.8 Å². The van der Waals surface area contributed by atoms with E-state index in [9.17, 15) is 112 Å². The van der Waals surface area contributed by atoms with E-state index in [1.54, 1.807) is 60.7 Å². The summed E-state index contributed by atoms with van der Waals surface area (Å²) >= 11 is 0. The van der Waals surface area contributed by atoms with Crippen LogP contribution in [0.25, 0.3) is 11.2 Å². The van der Waals surface area contributed by atoms with Crippen LogP contribution in [-0.2, 0) is 97.8 Å².